The van der Waals surface area contributed by atoms with Crippen molar-refractivity contribution in [3.63, 3.8) is 0 Å². The van der Waals surface area contributed by atoms with Crippen molar-refractivity contribution < 1.29 is 14.6 Å². The molecular weight excluding hydrogens is 218 g/mol. The van der Waals surface area contributed by atoms with Crippen LogP contribution in [0.4, 0.5) is 0 Å². The highest BCUT2D eigenvalue weighted by Gasteiger charge is 2.10. The largest absolute Gasteiger partial charge is 0.508 e. The zero-order valence-corrected chi connectivity index (χ0v) is 9.48. The average Bonchev–Trinajstić information content (AvgIpc) is 2.30. The minimum absolute atomic E-state index is 0.0915. The molecule has 0 aromatic heterocycles. The first-order valence-corrected chi connectivity index (χ1v) is 5.62. The van der Waals surface area contributed by atoms with Gasteiger partial charge in [-0.3, -0.25) is 4.79 Å². The molecule has 1 heterocycles. The first-order chi connectivity index (χ1) is 8.24. The van der Waals surface area contributed by atoms with Crippen LogP contribution in [-0.4, -0.2) is 24.2 Å². The summed E-state index contributed by atoms with van der Waals surface area (Å²) >= 11 is 0. The normalized spacial score (nSPS) is 15.2. The molecule has 0 saturated heterocycles. The van der Waals surface area contributed by atoms with Gasteiger partial charge in [-0.2, -0.15) is 0 Å². The lowest BCUT2D eigenvalue weighted by molar-refractivity contribution is -0.133. The summed E-state index contributed by atoms with van der Waals surface area (Å²) in [5, 5.41) is 12.4. The fourth-order valence-electron chi connectivity index (χ4n) is 1.73. The predicted octanol–water partition coefficient (Wildman–Crippen LogP) is 1.61. The molecule has 0 bridgehead atoms. The Hall–Kier alpha value is -1.81. The van der Waals surface area contributed by atoms with E-state index in [4.69, 9.17) is 4.74 Å². The molecule has 0 saturated carbocycles. The number of carbonyl (C=O) groups is 1. The molecule has 0 unspecified atom stereocenters. The van der Waals surface area contributed by atoms with Crippen molar-refractivity contribution in [2.24, 2.45) is 0 Å². The fraction of sp³-hybridized carbons (Fsp3) is 0.308. The first kappa shape index (κ1) is 11.7. The summed E-state index contributed by atoms with van der Waals surface area (Å²) in [6.45, 7) is 1.71. The molecule has 0 aliphatic carbocycles. The van der Waals surface area contributed by atoms with Crippen molar-refractivity contribution in [2.45, 2.75) is 12.8 Å². The molecule has 1 aromatic rings. The van der Waals surface area contributed by atoms with Gasteiger partial charge in [-0.1, -0.05) is 12.1 Å². The maximum absolute atomic E-state index is 11.6. The molecule has 4 heteroatoms. The maximum atomic E-state index is 11.6. The molecule has 0 fully saturated rings. The van der Waals surface area contributed by atoms with Crippen molar-refractivity contribution in [1.82, 2.24) is 5.32 Å². The van der Waals surface area contributed by atoms with Crippen LogP contribution in [-0.2, 0) is 4.79 Å². The number of benzene rings is 1. The average molecular weight is 233 g/mol. The third-order valence-corrected chi connectivity index (χ3v) is 2.53. The van der Waals surface area contributed by atoms with Crippen LogP contribution in [0.15, 0.2) is 35.9 Å². The quantitative estimate of drug-likeness (QED) is 0.473. The van der Waals surface area contributed by atoms with Crippen LogP contribution in [0, 0.1) is 0 Å². The van der Waals surface area contributed by atoms with Gasteiger partial charge in [-0.15, -0.1) is 0 Å². The van der Waals surface area contributed by atoms with E-state index >= 15 is 0 Å². The second kappa shape index (κ2) is 5.50. The van der Waals surface area contributed by atoms with Gasteiger partial charge in [0.05, 0.1) is 6.42 Å². The number of hydrogen-bond donors (Lipinski definition) is 2. The third kappa shape index (κ3) is 3.60. The fourth-order valence-corrected chi connectivity index (χ4v) is 1.73. The molecule has 1 aromatic carbocycles. The monoisotopic (exact) mass is 233 g/mol. The molecule has 4 nitrogen and oxygen atoms in total. The lowest BCUT2D eigenvalue weighted by Gasteiger charge is -2.13. The minimum Gasteiger partial charge on any atom is -0.508 e. The number of hydrogen-bond acceptors (Lipinski definition) is 4. The lowest BCUT2D eigenvalue weighted by Crippen LogP contribution is -2.24. The van der Waals surface area contributed by atoms with Crippen molar-refractivity contribution in [2.75, 3.05) is 13.1 Å². The van der Waals surface area contributed by atoms with E-state index < -0.39 is 0 Å². The van der Waals surface area contributed by atoms with Crippen molar-refractivity contribution in [1.29, 1.82) is 0 Å². The number of rotatable bonds is 3. The van der Waals surface area contributed by atoms with E-state index in [1.165, 1.54) is 12.1 Å². The predicted molar refractivity (Wildman–Crippen MR) is 63.9 cm³/mol. The highest BCUT2D eigenvalue weighted by atomic mass is 16.5. The van der Waals surface area contributed by atoms with Crippen LogP contribution in [0.25, 0.3) is 0 Å². The van der Waals surface area contributed by atoms with E-state index in [1.54, 1.807) is 12.1 Å². The van der Waals surface area contributed by atoms with Gasteiger partial charge in [-0.05, 0) is 30.7 Å². The van der Waals surface area contributed by atoms with Crippen LogP contribution in [0.5, 0.6) is 11.5 Å². The number of ether oxygens (including phenoxy) is 1. The highest BCUT2D eigenvalue weighted by molar-refractivity contribution is 5.75. The molecule has 17 heavy (non-hydrogen) atoms. The Balaban J connectivity index is 1.91. The molecule has 1 aliphatic rings. The van der Waals surface area contributed by atoms with E-state index in [2.05, 4.69) is 11.4 Å². The molecule has 0 atom stereocenters. The zero-order chi connectivity index (χ0) is 12.1. The summed E-state index contributed by atoms with van der Waals surface area (Å²) in [6.07, 6.45) is 3.32. The number of phenolic OH excluding ortho intramolecular Hbond substituents is 1. The second-order valence-corrected chi connectivity index (χ2v) is 3.98. The van der Waals surface area contributed by atoms with Crippen LogP contribution >= 0.6 is 0 Å². The van der Waals surface area contributed by atoms with E-state index in [9.17, 15) is 9.90 Å². The Morgan fingerprint density at radius 3 is 3.06 bits per heavy atom. The first-order valence-electron chi connectivity index (χ1n) is 5.62. The van der Waals surface area contributed by atoms with E-state index in [0.717, 1.165) is 25.1 Å². The van der Waals surface area contributed by atoms with E-state index in [0.29, 0.717) is 12.2 Å². The number of nitrogens with one attached hydrogen (secondary N) is 1. The molecule has 2 N–H and O–H groups in total. The van der Waals surface area contributed by atoms with Crippen molar-refractivity contribution in [3.8, 4) is 11.5 Å². The van der Waals surface area contributed by atoms with Crippen LogP contribution in [0.3, 0.4) is 0 Å². The van der Waals surface area contributed by atoms with Crippen LogP contribution in [0.2, 0.25) is 0 Å². The SMILES string of the molecule is O=C(CC1=CCCNC1)Oc1cccc(O)c1. The molecule has 0 spiro atoms. The van der Waals surface area contributed by atoms with E-state index in [1.807, 2.05) is 0 Å². The maximum Gasteiger partial charge on any atom is 0.315 e. The van der Waals surface area contributed by atoms with Crippen molar-refractivity contribution in [3.05, 3.63) is 35.9 Å². The van der Waals surface area contributed by atoms with E-state index in [-0.39, 0.29) is 11.7 Å². The van der Waals surface area contributed by atoms with Crippen LogP contribution in [0.1, 0.15) is 12.8 Å². The highest BCUT2D eigenvalue weighted by Crippen LogP contribution is 2.18. The number of aromatic hydroxyl groups is 1. The Morgan fingerprint density at radius 2 is 2.35 bits per heavy atom. The summed E-state index contributed by atoms with van der Waals surface area (Å²) in [5.74, 6) is 0.166. The summed E-state index contributed by atoms with van der Waals surface area (Å²) in [5.41, 5.74) is 1.06. The topological polar surface area (TPSA) is 58.6 Å². The molecule has 90 valence electrons. The Labute approximate surface area is 99.9 Å². The minimum atomic E-state index is -0.300. The molecule has 2 rings (SSSR count). The van der Waals surface area contributed by atoms with Crippen LogP contribution < -0.4 is 10.1 Å². The molecule has 0 amide bonds. The summed E-state index contributed by atoms with van der Waals surface area (Å²) in [6, 6.07) is 6.24. The van der Waals surface area contributed by atoms with Gasteiger partial charge < -0.3 is 15.2 Å². The number of esters is 1. The van der Waals surface area contributed by atoms with Gasteiger partial charge in [0.2, 0.25) is 0 Å². The Morgan fingerprint density at radius 1 is 1.47 bits per heavy atom. The number of phenols is 1. The lowest BCUT2D eigenvalue weighted by atomic mass is 10.1. The number of carbonyl (C=O) groups excluding carboxylic acids is 1. The third-order valence-electron chi connectivity index (χ3n) is 2.53. The van der Waals surface area contributed by atoms with Crippen molar-refractivity contribution >= 4 is 5.97 Å². The molecule has 0 radical (unpaired) electrons. The standard InChI is InChI=1S/C13H15NO3/c15-11-4-1-5-12(8-11)17-13(16)7-10-3-2-6-14-9-10/h1,3-5,8,14-15H,2,6-7,9H2. The summed E-state index contributed by atoms with van der Waals surface area (Å²) in [7, 11) is 0. The van der Waals surface area contributed by atoms with Gasteiger partial charge in [0.1, 0.15) is 11.5 Å². The molecular formula is C13H15NO3. The Kier molecular flexibility index (Phi) is 3.77. The van der Waals surface area contributed by atoms with Gasteiger partial charge in [0.25, 0.3) is 0 Å². The smallest absolute Gasteiger partial charge is 0.315 e. The summed E-state index contributed by atoms with van der Waals surface area (Å²) in [4.78, 5) is 11.6. The second-order valence-electron chi connectivity index (χ2n) is 3.98. The summed E-state index contributed by atoms with van der Waals surface area (Å²) < 4.78 is 5.13. The zero-order valence-electron chi connectivity index (χ0n) is 9.48. The van der Waals surface area contributed by atoms with Gasteiger partial charge in [0, 0.05) is 12.6 Å². The van der Waals surface area contributed by atoms with Gasteiger partial charge >= 0.3 is 5.97 Å². The van der Waals surface area contributed by atoms with Gasteiger partial charge in [-0.25, -0.2) is 0 Å². The Bertz CT molecular complexity index is 440. The van der Waals surface area contributed by atoms with Gasteiger partial charge in [0.15, 0.2) is 0 Å². The molecule has 1 aliphatic heterocycles.